The number of benzene rings is 1. The van der Waals surface area contributed by atoms with E-state index in [0.29, 0.717) is 12.0 Å². The molecule has 3 saturated heterocycles. The molecule has 0 N–H and O–H groups in total. The van der Waals surface area contributed by atoms with Crippen LogP contribution >= 0.6 is 0 Å². The molecule has 4 rings (SSSR count). The van der Waals surface area contributed by atoms with E-state index in [9.17, 15) is 4.39 Å². The Morgan fingerprint density at radius 2 is 1.56 bits per heavy atom. The predicted octanol–water partition coefficient (Wildman–Crippen LogP) is 1.29. The first-order valence-corrected chi connectivity index (χ1v) is 9.40. The zero-order chi connectivity index (χ0) is 17.1. The SMILES string of the molecule is Fc1ccc(N2CCN(C3CN(CC4COCCOC4)C3)CC2)cc1. The number of hydrogen-bond donors (Lipinski definition) is 0. The summed E-state index contributed by atoms with van der Waals surface area (Å²) in [5.74, 6) is 0.347. The summed E-state index contributed by atoms with van der Waals surface area (Å²) in [6.45, 7) is 10.8. The topological polar surface area (TPSA) is 28.2 Å². The lowest BCUT2D eigenvalue weighted by atomic mass is 10.0. The first kappa shape index (κ1) is 17.2. The number of piperazine rings is 1. The molecule has 0 spiro atoms. The summed E-state index contributed by atoms with van der Waals surface area (Å²) in [4.78, 5) is 7.49. The molecule has 0 unspecified atom stereocenters. The van der Waals surface area contributed by atoms with Crippen molar-refractivity contribution in [3.8, 4) is 0 Å². The van der Waals surface area contributed by atoms with E-state index in [1.54, 1.807) is 12.1 Å². The van der Waals surface area contributed by atoms with E-state index in [0.717, 1.165) is 77.9 Å². The van der Waals surface area contributed by atoms with E-state index >= 15 is 0 Å². The lowest BCUT2D eigenvalue weighted by Crippen LogP contribution is -2.63. The van der Waals surface area contributed by atoms with Crippen LogP contribution in [0.2, 0.25) is 0 Å². The molecule has 25 heavy (non-hydrogen) atoms. The zero-order valence-corrected chi connectivity index (χ0v) is 14.8. The van der Waals surface area contributed by atoms with Crippen LogP contribution in [0.25, 0.3) is 0 Å². The molecule has 0 amide bonds. The fraction of sp³-hybridized carbons (Fsp3) is 0.684. The van der Waals surface area contributed by atoms with Crippen molar-refractivity contribution in [1.29, 1.82) is 0 Å². The van der Waals surface area contributed by atoms with Gasteiger partial charge >= 0.3 is 0 Å². The number of ether oxygens (including phenoxy) is 2. The molecule has 0 radical (unpaired) electrons. The molecule has 3 aliphatic rings. The summed E-state index contributed by atoms with van der Waals surface area (Å²) in [6, 6.07) is 7.54. The highest BCUT2D eigenvalue weighted by atomic mass is 19.1. The van der Waals surface area contributed by atoms with E-state index in [4.69, 9.17) is 9.47 Å². The van der Waals surface area contributed by atoms with Crippen LogP contribution in [0.3, 0.4) is 0 Å². The highest BCUT2D eigenvalue weighted by Gasteiger charge is 2.34. The summed E-state index contributed by atoms with van der Waals surface area (Å²) in [5, 5.41) is 0. The van der Waals surface area contributed by atoms with Crippen molar-refractivity contribution < 1.29 is 13.9 Å². The Balaban J connectivity index is 1.19. The summed E-state index contributed by atoms with van der Waals surface area (Å²) in [5.41, 5.74) is 1.13. The normalized spacial score (nSPS) is 24.9. The van der Waals surface area contributed by atoms with Crippen molar-refractivity contribution in [3.05, 3.63) is 30.1 Å². The molecule has 6 heteroatoms. The van der Waals surface area contributed by atoms with Crippen molar-refractivity contribution in [2.75, 3.05) is 77.1 Å². The summed E-state index contributed by atoms with van der Waals surface area (Å²) < 4.78 is 24.2. The maximum Gasteiger partial charge on any atom is 0.123 e. The summed E-state index contributed by atoms with van der Waals surface area (Å²) >= 11 is 0. The number of hydrogen-bond acceptors (Lipinski definition) is 5. The Kier molecular flexibility index (Phi) is 5.51. The fourth-order valence-corrected chi connectivity index (χ4v) is 4.06. The third-order valence-corrected chi connectivity index (χ3v) is 5.56. The van der Waals surface area contributed by atoms with Gasteiger partial charge in [0, 0.05) is 63.5 Å². The maximum absolute atomic E-state index is 13.1. The van der Waals surface area contributed by atoms with Crippen LogP contribution in [0.1, 0.15) is 0 Å². The van der Waals surface area contributed by atoms with Crippen LogP contribution in [0.4, 0.5) is 10.1 Å². The highest BCUT2D eigenvalue weighted by Crippen LogP contribution is 2.22. The van der Waals surface area contributed by atoms with Crippen molar-refractivity contribution in [2.24, 2.45) is 5.92 Å². The predicted molar refractivity (Wildman–Crippen MR) is 95.5 cm³/mol. The van der Waals surface area contributed by atoms with Crippen LogP contribution in [0, 0.1) is 11.7 Å². The van der Waals surface area contributed by atoms with Gasteiger partial charge in [0.1, 0.15) is 5.82 Å². The second kappa shape index (κ2) is 7.99. The van der Waals surface area contributed by atoms with Crippen LogP contribution in [-0.4, -0.2) is 88.1 Å². The summed E-state index contributed by atoms with van der Waals surface area (Å²) in [6.07, 6.45) is 0. The third kappa shape index (κ3) is 4.31. The molecule has 0 saturated carbocycles. The van der Waals surface area contributed by atoms with E-state index in [2.05, 4.69) is 14.7 Å². The maximum atomic E-state index is 13.1. The third-order valence-electron chi connectivity index (χ3n) is 5.56. The molecular weight excluding hydrogens is 321 g/mol. The van der Waals surface area contributed by atoms with E-state index < -0.39 is 0 Å². The molecule has 3 heterocycles. The highest BCUT2D eigenvalue weighted by molar-refractivity contribution is 5.46. The second-order valence-electron chi connectivity index (χ2n) is 7.39. The molecule has 1 aromatic carbocycles. The number of nitrogens with zero attached hydrogens (tertiary/aromatic N) is 3. The first-order chi connectivity index (χ1) is 12.3. The molecule has 0 bridgehead atoms. The Bertz CT molecular complexity index is 534. The lowest BCUT2D eigenvalue weighted by Gasteiger charge is -2.49. The molecule has 0 aliphatic carbocycles. The molecule has 5 nitrogen and oxygen atoms in total. The number of halogens is 1. The van der Waals surface area contributed by atoms with Crippen LogP contribution in [-0.2, 0) is 9.47 Å². The Hall–Kier alpha value is -1.21. The van der Waals surface area contributed by atoms with Crippen molar-refractivity contribution in [2.45, 2.75) is 6.04 Å². The van der Waals surface area contributed by atoms with Gasteiger partial charge in [0.05, 0.1) is 26.4 Å². The van der Waals surface area contributed by atoms with Gasteiger partial charge in [-0.1, -0.05) is 0 Å². The number of likely N-dealkylation sites (tertiary alicyclic amines) is 1. The molecule has 0 aromatic heterocycles. The second-order valence-corrected chi connectivity index (χ2v) is 7.39. The van der Waals surface area contributed by atoms with Crippen LogP contribution in [0.5, 0.6) is 0 Å². The average molecular weight is 349 g/mol. The van der Waals surface area contributed by atoms with Gasteiger partial charge < -0.3 is 14.4 Å². The first-order valence-electron chi connectivity index (χ1n) is 9.40. The van der Waals surface area contributed by atoms with E-state index in [-0.39, 0.29) is 5.82 Å². The molecular formula is C19H28FN3O2. The molecule has 3 aliphatic heterocycles. The number of anilines is 1. The minimum absolute atomic E-state index is 0.165. The van der Waals surface area contributed by atoms with E-state index in [1.807, 2.05) is 12.1 Å². The average Bonchev–Trinajstić information content (AvgIpc) is 2.87. The molecule has 3 fully saturated rings. The van der Waals surface area contributed by atoms with Gasteiger partial charge in [0.15, 0.2) is 0 Å². The standard InChI is InChI=1S/C19H28FN3O2/c20-17-1-3-18(4-2-17)22-5-7-23(8-6-22)19-12-21(13-19)11-16-14-24-9-10-25-15-16/h1-4,16,19H,5-15H2. The van der Waals surface area contributed by atoms with Gasteiger partial charge in [0.25, 0.3) is 0 Å². The van der Waals surface area contributed by atoms with Gasteiger partial charge in [-0.2, -0.15) is 0 Å². The molecule has 0 atom stereocenters. The van der Waals surface area contributed by atoms with Gasteiger partial charge in [0.2, 0.25) is 0 Å². The quantitative estimate of drug-likeness (QED) is 0.817. The zero-order valence-electron chi connectivity index (χ0n) is 14.8. The monoisotopic (exact) mass is 349 g/mol. The largest absolute Gasteiger partial charge is 0.379 e. The lowest BCUT2D eigenvalue weighted by molar-refractivity contribution is 0.00590. The summed E-state index contributed by atoms with van der Waals surface area (Å²) in [7, 11) is 0. The number of rotatable bonds is 4. The molecule has 1 aromatic rings. The van der Waals surface area contributed by atoms with Crippen molar-refractivity contribution in [1.82, 2.24) is 9.80 Å². The van der Waals surface area contributed by atoms with E-state index in [1.165, 1.54) is 0 Å². The van der Waals surface area contributed by atoms with Gasteiger partial charge in [-0.3, -0.25) is 9.80 Å². The van der Waals surface area contributed by atoms with Gasteiger partial charge in [-0.15, -0.1) is 0 Å². The Morgan fingerprint density at radius 3 is 2.20 bits per heavy atom. The van der Waals surface area contributed by atoms with Crippen molar-refractivity contribution in [3.63, 3.8) is 0 Å². The van der Waals surface area contributed by atoms with Crippen molar-refractivity contribution >= 4 is 5.69 Å². The molecule has 138 valence electrons. The van der Waals surface area contributed by atoms with Gasteiger partial charge in [-0.05, 0) is 24.3 Å². The minimum Gasteiger partial charge on any atom is -0.379 e. The van der Waals surface area contributed by atoms with Gasteiger partial charge in [-0.25, -0.2) is 4.39 Å². The smallest absolute Gasteiger partial charge is 0.123 e. The van der Waals surface area contributed by atoms with Crippen LogP contribution < -0.4 is 4.90 Å². The van der Waals surface area contributed by atoms with Crippen LogP contribution in [0.15, 0.2) is 24.3 Å². The minimum atomic E-state index is -0.165. The Labute approximate surface area is 149 Å². The fourth-order valence-electron chi connectivity index (χ4n) is 4.06. The Morgan fingerprint density at radius 1 is 0.920 bits per heavy atom.